The lowest BCUT2D eigenvalue weighted by Crippen LogP contribution is -2.63. The second-order valence-corrected chi connectivity index (χ2v) is 6.44. The van der Waals surface area contributed by atoms with Crippen LogP contribution in [0.25, 0.3) is 0 Å². The Bertz CT molecular complexity index is 262. The minimum atomic E-state index is 0.395. The fourth-order valence-corrected chi connectivity index (χ4v) is 4.24. The SMILES string of the molecule is CCC1(CC)C(NC)CC1OC1CCCCC1C. The van der Waals surface area contributed by atoms with Gasteiger partial charge in [-0.05, 0) is 45.1 Å². The molecule has 2 aliphatic rings. The first-order chi connectivity index (χ1) is 8.67. The van der Waals surface area contributed by atoms with Crippen molar-refractivity contribution in [2.45, 2.75) is 84.0 Å². The van der Waals surface area contributed by atoms with Gasteiger partial charge in [-0.15, -0.1) is 0 Å². The number of rotatable bonds is 5. The van der Waals surface area contributed by atoms with E-state index in [4.69, 9.17) is 4.74 Å². The molecule has 1 N–H and O–H groups in total. The van der Waals surface area contributed by atoms with Gasteiger partial charge in [0.05, 0.1) is 12.2 Å². The average Bonchev–Trinajstić information content (AvgIpc) is 2.37. The van der Waals surface area contributed by atoms with Crippen LogP contribution in [0.3, 0.4) is 0 Å². The highest BCUT2D eigenvalue weighted by atomic mass is 16.5. The molecule has 0 bridgehead atoms. The zero-order valence-corrected chi connectivity index (χ0v) is 12.7. The van der Waals surface area contributed by atoms with E-state index in [9.17, 15) is 0 Å². The van der Waals surface area contributed by atoms with E-state index < -0.39 is 0 Å². The van der Waals surface area contributed by atoms with Gasteiger partial charge in [0, 0.05) is 11.5 Å². The van der Waals surface area contributed by atoms with Crippen LogP contribution >= 0.6 is 0 Å². The summed E-state index contributed by atoms with van der Waals surface area (Å²) in [7, 11) is 2.10. The lowest BCUT2D eigenvalue weighted by atomic mass is 9.58. The molecule has 0 aromatic heterocycles. The van der Waals surface area contributed by atoms with Crippen molar-refractivity contribution in [3.8, 4) is 0 Å². The summed E-state index contributed by atoms with van der Waals surface area (Å²) in [5, 5.41) is 3.49. The third-order valence-electron chi connectivity index (χ3n) is 5.82. The number of nitrogens with one attached hydrogen (secondary N) is 1. The summed E-state index contributed by atoms with van der Waals surface area (Å²) in [5.74, 6) is 0.763. The highest BCUT2D eigenvalue weighted by Crippen LogP contribution is 2.50. The van der Waals surface area contributed by atoms with Crippen molar-refractivity contribution in [2.24, 2.45) is 11.3 Å². The van der Waals surface area contributed by atoms with E-state index in [-0.39, 0.29) is 0 Å². The summed E-state index contributed by atoms with van der Waals surface area (Å²) in [4.78, 5) is 0. The number of ether oxygens (including phenoxy) is 1. The molecule has 4 unspecified atom stereocenters. The van der Waals surface area contributed by atoms with Gasteiger partial charge in [-0.2, -0.15) is 0 Å². The fraction of sp³-hybridized carbons (Fsp3) is 1.00. The van der Waals surface area contributed by atoms with Crippen LogP contribution in [-0.2, 0) is 4.74 Å². The van der Waals surface area contributed by atoms with Crippen molar-refractivity contribution in [1.29, 1.82) is 0 Å². The first kappa shape index (κ1) is 14.3. The van der Waals surface area contributed by atoms with E-state index in [1.54, 1.807) is 0 Å². The largest absolute Gasteiger partial charge is 0.374 e. The average molecular weight is 253 g/mol. The Morgan fingerprint density at radius 3 is 2.39 bits per heavy atom. The van der Waals surface area contributed by atoms with E-state index in [2.05, 4.69) is 33.1 Å². The number of hydrogen-bond donors (Lipinski definition) is 1. The molecular weight excluding hydrogens is 222 g/mol. The molecule has 4 atom stereocenters. The van der Waals surface area contributed by atoms with Crippen LogP contribution in [0, 0.1) is 11.3 Å². The molecule has 2 fully saturated rings. The normalized spacial score (nSPS) is 39.3. The summed E-state index contributed by atoms with van der Waals surface area (Å²) in [6.45, 7) is 7.03. The maximum absolute atomic E-state index is 6.53. The molecule has 2 aliphatic carbocycles. The zero-order valence-electron chi connectivity index (χ0n) is 12.7. The van der Waals surface area contributed by atoms with Gasteiger partial charge >= 0.3 is 0 Å². The Balaban J connectivity index is 1.96. The minimum absolute atomic E-state index is 0.395. The third-order valence-corrected chi connectivity index (χ3v) is 5.82. The summed E-state index contributed by atoms with van der Waals surface area (Å²) < 4.78 is 6.53. The zero-order chi connectivity index (χ0) is 13.2. The monoisotopic (exact) mass is 253 g/mol. The highest BCUT2D eigenvalue weighted by Gasteiger charge is 2.53. The van der Waals surface area contributed by atoms with Crippen LogP contribution in [0.5, 0.6) is 0 Å². The fourth-order valence-electron chi connectivity index (χ4n) is 4.24. The second kappa shape index (κ2) is 5.92. The Hall–Kier alpha value is -0.0800. The first-order valence-electron chi connectivity index (χ1n) is 8.00. The molecular formula is C16H31NO. The van der Waals surface area contributed by atoms with Gasteiger partial charge in [-0.3, -0.25) is 0 Å². The van der Waals surface area contributed by atoms with Crippen LogP contribution in [0.15, 0.2) is 0 Å². The standard InChI is InChI=1S/C16H31NO/c1-5-16(6-2)14(17-4)11-15(16)18-13-10-8-7-9-12(13)3/h12-15,17H,5-11H2,1-4H3. The summed E-state index contributed by atoms with van der Waals surface area (Å²) in [6, 6.07) is 0.663. The maximum Gasteiger partial charge on any atom is 0.0664 e. The Kier molecular flexibility index (Phi) is 4.71. The van der Waals surface area contributed by atoms with Crippen molar-refractivity contribution in [3.05, 3.63) is 0 Å². The van der Waals surface area contributed by atoms with E-state index in [1.807, 2.05) is 0 Å². The Morgan fingerprint density at radius 2 is 1.83 bits per heavy atom. The summed E-state index contributed by atoms with van der Waals surface area (Å²) >= 11 is 0. The van der Waals surface area contributed by atoms with E-state index >= 15 is 0 Å². The van der Waals surface area contributed by atoms with Crippen LogP contribution in [0.2, 0.25) is 0 Å². The van der Waals surface area contributed by atoms with Crippen molar-refractivity contribution in [2.75, 3.05) is 7.05 Å². The van der Waals surface area contributed by atoms with Crippen LogP contribution in [-0.4, -0.2) is 25.3 Å². The van der Waals surface area contributed by atoms with Crippen LogP contribution in [0.1, 0.15) is 65.7 Å². The molecule has 106 valence electrons. The maximum atomic E-state index is 6.53. The predicted octanol–water partition coefficient (Wildman–Crippen LogP) is 3.75. The summed E-state index contributed by atoms with van der Waals surface area (Å²) in [5.41, 5.74) is 0.395. The van der Waals surface area contributed by atoms with Crippen LogP contribution < -0.4 is 5.32 Å². The van der Waals surface area contributed by atoms with Crippen molar-refractivity contribution < 1.29 is 4.74 Å². The lowest BCUT2D eigenvalue weighted by Gasteiger charge is -2.56. The van der Waals surface area contributed by atoms with E-state index in [1.165, 1.54) is 44.9 Å². The van der Waals surface area contributed by atoms with Crippen molar-refractivity contribution >= 4 is 0 Å². The molecule has 2 nitrogen and oxygen atoms in total. The van der Waals surface area contributed by atoms with Crippen molar-refractivity contribution in [3.63, 3.8) is 0 Å². The first-order valence-corrected chi connectivity index (χ1v) is 8.00. The molecule has 18 heavy (non-hydrogen) atoms. The molecule has 0 radical (unpaired) electrons. The Morgan fingerprint density at radius 1 is 1.17 bits per heavy atom. The van der Waals surface area contributed by atoms with Gasteiger partial charge < -0.3 is 10.1 Å². The predicted molar refractivity (Wildman–Crippen MR) is 76.8 cm³/mol. The van der Waals surface area contributed by atoms with Gasteiger partial charge in [0.2, 0.25) is 0 Å². The topological polar surface area (TPSA) is 21.3 Å². The van der Waals surface area contributed by atoms with Crippen molar-refractivity contribution in [1.82, 2.24) is 5.32 Å². The molecule has 2 rings (SSSR count). The molecule has 0 heterocycles. The highest BCUT2D eigenvalue weighted by molar-refractivity contribution is 5.06. The molecule has 0 amide bonds. The van der Waals surface area contributed by atoms with Gasteiger partial charge in [-0.25, -0.2) is 0 Å². The quantitative estimate of drug-likeness (QED) is 0.805. The molecule has 0 aromatic rings. The third kappa shape index (κ3) is 2.34. The van der Waals surface area contributed by atoms with Crippen LogP contribution in [0.4, 0.5) is 0 Å². The molecule has 0 aromatic carbocycles. The van der Waals surface area contributed by atoms with Gasteiger partial charge in [0.1, 0.15) is 0 Å². The number of hydrogen-bond acceptors (Lipinski definition) is 2. The Labute approximate surface area is 113 Å². The molecule has 0 saturated heterocycles. The van der Waals surface area contributed by atoms with Gasteiger partial charge in [0.25, 0.3) is 0 Å². The van der Waals surface area contributed by atoms with Gasteiger partial charge in [0.15, 0.2) is 0 Å². The molecule has 0 aliphatic heterocycles. The van der Waals surface area contributed by atoms with E-state index in [0.717, 1.165) is 5.92 Å². The molecule has 2 heteroatoms. The second-order valence-electron chi connectivity index (χ2n) is 6.44. The van der Waals surface area contributed by atoms with E-state index in [0.29, 0.717) is 23.7 Å². The molecule has 0 spiro atoms. The minimum Gasteiger partial charge on any atom is -0.374 e. The smallest absolute Gasteiger partial charge is 0.0664 e. The lowest BCUT2D eigenvalue weighted by molar-refractivity contribution is -0.181. The molecule has 2 saturated carbocycles. The summed E-state index contributed by atoms with van der Waals surface area (Å²) in [6.07, 6.45) is 10.1. The van der Waals surface area contributed by atoms with Gasteiger partial charge in [-0.1, -0.05) is 33.6 Å².